The molecule has 1 N–H and O–H groups in total. The van der Waals surface area contributed by atoms with Crippen molar-refractivity contribution in [1.82, 2.24) is 9.97 Å². The van der Waals surface area contributed by atoms with Crippen molar-refractivity contribution >= 4 is 40.0 Å². The summed E-state index contributed by atoms with van der Waals surface area (Å²) in [5, 5.41) is 3.35. The van der Waals surface area contributed by atoms with E-state index in [1.54, 1.807) is 17.2 Å². The molecular formula is C22H20N4O2S. The third-order valence-electron chi connectivity index (χ3n) is 4.63. The molecule has 0 spiro atoms. The molecule has 0 bridgehead atoms. The van der Waals surface area contributed by atoms with Crippen LogP contribution in [0.4, 0.5) is 10.8 Å². The number of aryl methyl sites for hydroxylation is 1. The number of aromatic nitrogens is 2. The summed E-state index contributed by atoms with van der Waals surface area (Å²) in [4.78, 5) is 35.6. The predicted octanol–water partition coefficient (Wildman–Crippen LogP) is 4.29. The van der Waals surface area contributed by atoms with Crippen LogP contribution in [0.2, 0.25) is 0 Å². The first-order chi connectivity index (χ1) is 14.1. The van der Waals surface area contributed by atoms with Gasteiger partial charge in [0.1, 0.15) is 0 Å². The van der Waals surface area contributed by atoms with Crippen LogP contribution >= 0.6 is 11.3 Å². The maximum absolute atomic E-state index is 12.3. The molecule has 1 saturated heterocycles. The van der Waals surface area contributed by atoms with Gasteiger partial charge in [0.15, 0.2) is 5.13 Å². The molecule has 2 amide bonds. The van der Waals surface area contributed by atoms with E-state index < -0.39 is 0 Å². The minimum atomic E-state index is -0.245. The van der Waals surface area contributed by atoms with Crippen molar-refractivity contribution < 1.29 is 9.59 Å². The second-order valence-electron chi connectivity index (χ2n) is 6.71. The maximum Gasteiger partial charge on any atom is 0.250 e. The Morgan fingerprint density at radius 2 is 2.03 bits per heavy atom. The summed E-state index contributed by atoms with van der Waals surface area (Å²) in [6, 6.07) is 13.3. The van der Waals surface area contributed by atoms with Crippen LogP contribution in [0.25, 0.3) is 16.6 Å². The van der Waals surface area contributed by atoms with Gasteiger partial charge in [0, 0.05) is 30.9 Å². The van der Waals surface area contributed by atoms with Crippen LogP contribution in [-0.4, -0.2) is 28.3 Å². The molecule has 146 valence electrons. The summed E-state index contributed by atoms with van der Waals surface area (Å²) in [6.45, 7) is 2.67. The largest absolute Gasteiger partial charge is 0.312 e. The summed E-state index contributed by atoms with van der Waals surface area (Å²) in [7, 11) is 0. The van der Waals surface area contributed by atoms with Gasteiger partial charge in [-0.05, 0) is 49.2 Å². The summed E-state index contributed by atoms with van der Waals surface area (Å²) in [5.41, 5.74) is 3.46. The Morgan fingerprint density at radius 1 is 1.21 bits per heavy atom. The number of nitrogens with one attached hydrogen (secondary N) is 1. The zero-order chi connectivity index (χ0) is 20.2. The maximum atomic E-state index is 12.3. The number of nitrogens with zero attached hydrogens (tertiary/aromatic N) is 3. The van der Waals surface area contributed by atoms with Gasteiger partial charge in [-0.2, -0.15) is 0 Å². The number of carbonyl (C=O) groups excluding carboxylic acids is 2. The molecular weight excluding hydrogens is 384 g/mol. The zero-order valence-electron chi connectivity index (χ0n) is 16.0. The molecule has 1 aliphatic heterocycles. The van der Waals surface area contributed by atoms with Crippen molar-refractivity contribution in [2.75, 3.05) is 16.8 Å². The molecule has 0 atom stereocenters. The fourth-order valence-electron chi connectivity index (χ4n) is 3.19. The van der Waals surface area contributed by atoms with Crippen LogP contribution < -0.4 is 10.2 Å². The number of amides is 2. The van der Waals surface area contributed by atoms with Gasteiger partial charge >= 0.3 is 0 Å². The standard InChI is InChI=1S/C22H20N4O2S/c1-15-21(18-5-2-3-13-23-18)29-22(24-15)25-19(27)12-9-16-7-10-17(11-8-16)26-14-4-6-20(26)28/h2-3,5,7-13H,4,6,14H2,1H3,(H,24,25,27)/b12-9+. The van der Waals surface area contributed by atoms with Crippen LogP contribution in [0.5, 0.6) is 0 Å². The van der Waals surface area contributed by atoms with E-state index in [9.17, 15) is 9.59 Å². The second-order valence-corrected chi connectivity index (χ2v) is 7.71. The molecule has 1 aromatic carbocycles. The number of benzene rings is 1. The smallest absolute Gasteiger partial charge is 0.250 e. The third kappa shape index (κ3) is 4.41. The molecule has 1 fully saturated rings. The normalized spacial score (nSPS) is 14.0. The Kier molecular flexibility index (Phi) is 5.48. The minimum absolute atomic E-state index is 0.163. The fraction of sp³-hybridized carbons (Fsp3) is 0.182. The number of carbonyl (C=O) groups is 2. The lowest BCUT2D eigenvalue weighted by molar-refractivity contribution is -0.117. The predicted molar refractivity (Wildman–Crippen MR) is 116 cm³/mol. The van der Waals surface area contributed by atoms with Gasteiger partial charge in [-0.25, -0.2) is 4.98 Å². The molecule has 4 rings (SSSR count). The lowest BCUT2D eigenvalue weighted by Crippen LogP contribution is -2.23. The van der Waals surface area contributed by atoms with Crippen molar-refractivity contribution in [3.8, 4) is 10.6 Å². The summed E-state index contributed by atoms with van der Waals surface area (Å²) in [6.07, 6.45) is 6.47. The van der Waals surface area contributed by atoms with Gasteiger partial charge in [0.2, 0.25) is 11.8 Å². The van der Waals surface area contributed by atoms with Crippen LogP contribution in [0.1, 0.15) is 24.1 Å². The summed E-state index contributed by atoms with van der Waals surface area (Å²) in [5.74, 6) is -0.0819. The molecule has 6 nitrogen and oxygen atoms in total. The number of thiazole rings is 1. The molecule has 29 heavy (non-hydrogen) atoms. The Hall–Kier alpha value is -3.32. The van der Waals surface area contributed by atoms with E-state index in [1.807, 2.05) is 49.4 Å². The van der Waals surface area contributed by atoms with Crippen LogP contribution in [0.3, 0.4) is 0 Å². The molecule has 0 unspecified atom stereocenters. The average Bonchev–Trinajstić information content (AvgIpc) is 3.32. The zero-order valence-corrected chi connectivity index (χ0v) is 16.8. The highest BCUT2D eigenvalue weighted by Crippen LogP contribution is 2.31. The van der Waals surface area contributed by atoms with Gasteiger partial charge in [-0.15, -0.1) is 0 Å². The number of hydrogen-bond acceptors (Lipinski definition) is 5. The van der Waals surface area contributed by atoms with Crippen molar-refractivity contribution in [3.05, 3.63) is 66.0 Å². The molecule has 2 aromatic heterocycles. The van der Waals surface area contributed by atoms with E-state index in [0.29, 0.717) is 11.6 Å². The SMILES string of the molecule is Cc1nc(NC(=O)/C=C/c2ccc(N3CCCC3=O)cc2)sc1-c1ccccn1. The van der Waals surface area contributed by atoms with Crippen molar-refractivity contribution in [2.24, 2.45) is 0 Å². The number of anilines is 2. The van der Waals surface area contributed by atoms with Crippen molar-refractivity contribution in [1.29, 1.82) is 0 Å². The first-order valence-corrected chi connectivity index (χ1v) is 10.2. The van der Waals surface area contributed by atoms with Gasteiger partial charge in [-0.1, -0.05) is 29.5 Å². The Morgan fingerprint density at radius 3 is 2.72 bits per heavy atom. The Bertz CT molecular complexity index is 1060. The Balaban J connectivity index is 1.40. The lowest BCUT2D eigenvalue weighted by Gasteiger charge is -2.15. The highest BCUT2D eigenvalue weighted by molar-refractivity contribution is 7.19. The monoisotopic (exact) mass is 404 g/mol. The summed E-state index contributed by atoms with van der Waals surface area (Å²) >= 11 is 1.40. The average molecular weight is 404 g/mol. The molecule has 3 aromatic rings. The first-order valence-electron chi connectivity index (χ1n) is 9.38. The van der Waals surface area contributed by atoms with E-state index in [4.69, 9.17) is 0 Å². The molecule has 7 heteroatoms. The quantitative estimate of drug-likeness (QED) is 0.644. The fourth-order valence-corrected chi connectivity index (χ4v) is 4.14. The second kappa shape index (κ2) is 8.36. The minimum Gasteiger partial charge on any atom is -0.312 e. The summed E-state index contributed by atoms with van der Waals surface area (Å²) < 4.78 is 0. The van der Waals surface area contributed by atoms with E-state index in [2.05, 4.69) is 15.3 Å². The highest BCUT2D eigenvalue weighted by atomic mass is 32.1. The van der Waals surface area contributed by atoms with Crippen molar-refractivity contribution in [3.63, 3.8) is 0 Å². The van der Waals surface area contributed by atoms with E-state index >= 15 is 0 Å². The van der Waals surface area contributed by atoms with Gasteiger partial charge in [0.25, 0.3) is 0 Å². The van der Waals surface area contributed by atoms with Crippen molar-refractivity contribution in [2.45, 2.75) is 19.8 Å². The lowest BCUT2D eigenvalue weighted by atomic mass is 10.2. The number of hydrogen-bond donors (Lipinski definition) is 1. The van der Waals surface area contributed by atoms with Gasteiger partial charge in [0.05, 0.1) is 16.3 Å². The Labute approximate surface area is 172 Å². The van der Waals surface area contributed by atoms with Gasteiger partial charge < -0.3 is 4.90 Å². The third-order valence-corrected chi connectivity index (χ3v) is 5.72. The van der Waals surface area contributed by atoms with E-state index in [-0.39, 0.29) is 11.8 Å². The van der Waals surface area contributed by atoms with E-state index in [1.165, 1.54) is 17.4 Å². The molecule has 3 heterocycles. The van der Waals surface area contributed by atoms with E-state index in [0.717, 1.165) is 40.5 Å². The highest BCUT2D eigenvalue weighted by Gasteiger charge is 2.21. The van der Waals surface area contributed by atoms with Crippen LogP contribution in [-0.2, 0) is 9.59 Å². The van der Waals surface area contributed by atoms with Crippen LogP contribution in [0, 0.1) is 6.92 Å². The number of pyridine rings is 1. The van der Waals surface area contributed by atoms with Gasteiger partial charge in [-0.3, -0.25) is 19.9 Å². The molecule has 0 radical (unpaired) electrons. The first kappa shape index (κ1) is 19.0. The topological polar surface area (TPSA) is 75.2 Å². The molecule has 0 aliphatic carbocycles. The molecule has 0 saturated carbocycles. The molecule has 1 aliphatic rings. The number of rotatable bonds is 5. The van der Waals surface area contributed by atoms with Crippen LogP contribution in [0.15, 0.2) is 54.7 Å².